The van der Waals surface area contributed by atoms with Gasteiger partial charge in [-0.15, -0.1) is 0 Å². The third kappa shape index (κ3) is 3.86. The van der Waals surface area contributed by atoms with Gasteiger partial charge in [0.1, 0.15) is 10.2 Å². The number of fused-ring (bicyclic) bond motifs is 1. The van der Waals surface area contributed by atoms with Crippen molar-refractivity contribution in [2.45, 2.75) is 36.6 Å². The molecule has 1 saturated heterocycles. The van der Waals surface area contributed by atoms with Crippen LogP contribution < -0.4 is 0 Å². The first-order chi connectivity index (χ1) is 14.4. The fourth-order valence-electron chi connectivity index (χ4n) is 4.08. The molecule has 1 fully saturated rings. The maximum Gasteiger partial charge on any atom is 0.338 e. The molecule has 9 heteroatoms. The van der Waals surface area contributed by atoms with Crippen LogP contribution in [0.25, 0.3) is 0 Å². The van der Waals surface area contributed by atoms with Crippen LogP contribution in [0, 0.1) is 0 Å². The van der Waals surface area contributed by atoms with Crippen LogP contribution in [0.2, 0.25) is 0 Å². The van der Waals surface area contributed by atoms with Crippen molar-refractivity contribution in [2.75, 3.05) is 18.8 Å². The van der Waals surface area contributed by atoms with E-state index in [2.05, 4.69) is 20.8 Å². The number of likely N-dealkylation sites (tertiary alicyclic amines) is 1. The second kappa shape index (κ2) is 8.64. The minimum absolute atomic E-state index is 0.151. The molecule has 2 aliphatic heterocycles. The number of rotatable bonds is 5. The van der Waals surface area contributed by atoms with Gasteiger partial charge in [-0.05, 0) is 43.5 Å². The second-order valence-corrected chi connectivity index (χ2v) is 9.86. The number of amidine groups is 1. The molecular weight excluding hydrogens is 470 g/mol. The highest BCUT2D eigenvalue weighted by Crippen LogP contribution is 2.44. The topological polar surface area (TPSA) is 84.1 Å². The maximum atomic E-state index is 13.0. The van der Waals surface area contributed by atoms with E-state index in [4.69, 9.17) is 9.84 Å². The summed E-state index contributed by atoms with van der Waals surface area (Å²) in [6.07, 6.45) is 2.00. The average molecular weight is 494 g/mol. The Labute approximate surface area is 186 Å². The number of benzene rings is 1. The zero-order valence-corrected chi connectivity index (χ0v) is 19.1. The van der Waals surface area contributed by atoms with E-state index in [-0.39, 0.29) is 5.75 Å². The molecule has 0 bridgehead atoms. The Bertz CT molecular complexity index is 987. The van der Waals surface area contributed by atoms with Gasteiger partial charge in [0.25, 0.3) is 0 Å². The summed E-state index contributed by atoms with van der Waals surface area (Å²) in [6, 6.07) is 12.6. The van der Waals surface area contributed by atoms with Crippen molar-refractivity contribution in [3.8, 4) is 0 Å². The largest absolute Gasteiger partial charge is 0.450 e. The van der Waals surface area contributed by atoms with Crippen molar-refractivity contribution >= 4 is 38.8 Å². The second-order valence-electron chi connectivity index (χ2n) is 7.51. The number of aromatic nitrogens is 1. The number of carbonyl (C=O) groups excluding carboxylic acids is 1. The Hall–Kier alpha value is -1.97. The fourth-order valence-corrected chi connectivity index (χ4v) is 5.97. The number of aryl methyl sites for hydroxylation is 1. The lowest BCUT2D eigenvalue weighted by molar-refractivity contribution is 0.0232. The highest BCUT2D eigenvalue weighted by atomic mass is 79.9. The lowest BCUT2D eigenvalue weighted by atomic mass is 9.97. The van der Waals surface area contributed by atoms with Crippen LogP contribution in [0.15, 0.2) is 47.6 Å². The lowest BCUT2D eigenvalue weighted by Gasteiger charge is -2.41. The van der Waals surface area contributed by atoms with Gasteiger partial charge in [0.2, 0.25) is 0 Å². The average Bonchev–Trinajstić information content (AvgIpc) is 3.39. The van der Waals surface area contributed by atoms with Crippen LogP contribution in [-0.2, 0) is 22.2 Å². The molecule has 1 aromatic carbocycles. The van der Waals surface area contributed by atoms with Crippen molar-refractivity contribution in [3.05, 3.63) is 59.4 Å². The zero-order valence-electron chi connectivity index (χ0n) is 16.7. The highest BCUT2D eigenvalue weighted by molar-refractivity contribution is 9.10. The Morgan fingerprint density at radius 2 is 1.97 bits per heavy atom. The fraction of sp³-hybridized carbons (Fsp3) is 0.429. The van der Waals surface area contributed by atoms with Gasteiger partial charge in [0, 0.05) is 18.8 Å². The summed E-state index contributed by atoms with van der Waals surface area (Å²) in [6.45, 7) is 3.65. The van der Waals surface area contributed by atoms with Gasteiger partial charge in [0.05, 0.1) is 17.0 Å². The molecule has 1 N–H and O–H groups in total. The van der Waals surface area contributed by atoms with E-state index in [9.17, 15) is 13.6 Å². The third-order valence-corrected chi connectivity index (χ3v) is 7.67. The molecule has 160 valence electrons. The minimum Gasteiger partial charge on any atom is -0.450 e. The molecule has 0 radical (unpaired) electrons. The van der Waals surface area contributed by atoms with E-state index in [0.717, 1.165) is 38.0 Å². The van der Waals surface area contributed by atoms with Crippen molar-refractivity contribution in [1.29, 1.82) is 0 Å². The predicted molar refractivity (Wildman–Crippen MR) is 119 cm³/mol. The Kier molecular flexibility index (Phi) is 6.13. The number of esters is 1. The van der Waals surface area contributed by atoms with Crippen LogP contribution >= 0.6 is 15.9 Å². The number of hydrogen-bond acceptors (Lipinski definition) is 5. The predicted octanol–water partition coefficient (Wildman–Crippen LogP) is 3.58. The first-order valence-electron chi connectivity index (χ1n) is 10.0. The molecule has 4 rings (SSSR count). The Morgan fingerprint density at radius 3 is 2.60 bits per heavy atom. The molecule has 2 aromatic rings. The molecular formula is C21H24BrN3O4S. The summed E-state index contributed by atoms with van der Waals surface area (Å²) < 4.78 is 28.5. The summed E-state index contributed by atoms with van der Waals surface area (Å²) in [7, 11) is 0. The number of alkyl halides is 1. The van der Waals surface area contributed by atoms with Crippen LogP contribution in [0.4, 0.5) is 0 Å². The minimum atomic E-state index is -2.13. The smallest absolute Gasteiger partial charge is 0.338 e. The summed E-state index contributed by atoms with van der Waals surface area (Å²) in [5.74, 6) is -0.00453. The first-order valence-corrected chi connectivity index (χ1v) is 12.1. The number of ether oxygens (including phenoxy) is 1. The van der Waals surface area contributed by atoms with Gasteiger partial charge in [-0.3, -0.25) is 0 Å². The monoisotopic (exact) mass is 493 g/mol. The molecule has 0 saturated carbocycles. The van der Waals surface area contributed by atoms with Crippen LogP contribution in [-0.4, -0.2) is 53.3 Å². The zero-order chi connectivity index (χ0) is 21.3. The van der Waals surface area contributed by atoms with Gasteiger partial charge < -0.3 is 14.2 Å². The Morgan fingerprint density at radius 1 is 1.27 bits per heavy atom. The van der Waals surface area contributed by atoms with Crippen LogP contribution in [0.5, 0.6) is 0 Å². The summed E-state index contributed by atoms with van der Waals surface area (Å²) in [4.78, 5) is 15.1. The summed E-state index contributed by atoms with van der Waals surface area (Å²) >= 11 is 1.60. The van der Waals surface area contributed by atoms with E-state index >= 15 is 0 Å². The quantitative estimate of drug-likeness (QED) is 0.390. The number of halogens is 1. The molecule has 3 heterocycles. The molecule has 7 nitrogen and oxygen atoms in total. The molecule has 0 spiro atoms. The van der Waals surface area contributed by atoms with Crippen LogP contribution in [0.3, 0.4) is 0 Å². The van der Waals surface area contributed by atoms with Crippen molar-refractivity contribution in [3.63, 3.8) is 0 Å². The summed E-state index contributed by atoms with van der Waals surface area (Å²) in [5.41, 5.74) is 2.10. The highest BCUT2D eigenvalue weighted by Gasteiger charge is 2.52. The molecule has 2 aliphatic rings. The van der Waals surface area contributed by atoms with Crippen LogP contribution in [0.1, 0.15) is 47.6 Å². The van der Waals surface area contributed by atoms with Gasteiger partial charge in [-0.1, -0.05) is 41.1 Å². The van der Waals surface area contributed by atoms with Gasteiger partial charge in [0.15, 0.2) is 17.2 Å². The van der Waals surface area contributed by atoms with Crippen molar-refractivity contribution in [1.82, 2.24) is 9.58 Å². The van der Waals surface area contributed by atoms with Crippen molar-refractivity contribution in [2.24, 2.45) is 5.10 Å². The van der Waals surface area contributed by atoms with Crippen molar-refractivity contribution < 1.29 is 18.3 Å². The first kappa shape index (κ1) is 21.3. The molecule has 3 unspecified atom stereocenters. The maximum absolute atomic E-state index is 13.0. The standard InChI is InChI=1S/C21H24BrN3O4S/c1-2-16-10-11-17-18(29-19(26)15-8-4-3-5-9-15)21(22,14-30(27)28)20(23-25(16)17)24-12-6-7-13-24/h3-5,8-11,18H,2,6-7,12-14H2,1H3,(H,27,28). The molecule has 0 aliphatic carbocycles. The Balaban J connectivity index is 1.82. The van der Waals surface area contributed by atoms with E-state index in [1.54, 1.807) is 24.3 Å². The normalized spacial score (nSPS) is 24.3. The van der Waals surface area contributed by atoms with Gasteiger partial charge in [-0.25, -0.2) is 13.7 Å². The number of hydrogen-bond donors (Lipinski definition) is 1. The number of nitrogens with zero attached hydrogens (tertiary/aromatic N) is 3. The molecule has 3 atom stereocenters. The third-order valence-electron chi connectivity index (χ3n) is 5.55. The van der Waals surface area contributed by atoms with E-state index in [1.165, 1.54) is 0 Å². The van der Waals surface area contributed by atoms with E-state index < -0.39 is 27.5 Å². The summed E-state index contributed by atoms with van der Waals surface area (Å²) in [5, 5.41) is 4.87. The lowest BCUT2D eigenvalue weighted by Crippen LogP contribution is -2.54. The molecule has 30 heavy (non-hydrogen) atoms. The number of carbonyl (C=O) groups is 1. The molecule has 0 amide bonds. The SMILES string of the molecule is CCc1ccc2n1N=C(N1CCCC1)C(Br)(CS(=O)O)C2OC(=O)c1ccccc1. The van der Waals surface area contributed by atoms with E-state index in [0.29, 0.717) is 17.1 Å². The van der Waals surface area contributed by atoms with E-state index in [1.807, 2.05) is 29.8 Å². The van der Waals surface area contributed by atoms with Gasteiger partial charge >= 0.3 is 5.97 Å². The molecule has 1 aromatic heterocycles. The van der Waals surface area contributed by atoms with Gasteiger partial charge in [-0.2, -0.15) is 5.10 Å².